The third kappa shape index (κ3) is 4.80. The molecule has 11 nitrogen and oxygen atoms in total. The fourth-order valence-corrected chi connectivity index (χ4v) is 3.84. The van der Waals surface area contributed by atoms with Crippen LogP contribution in [0, 0.1) is 0 Å². The topological polar surface area (TPSA) is 159 Å². The molecular formula is C24H24N4O7. The second kappa shape index (κ2) is 9.85. The molecule has 4 aromatic rings. The van der Waals surface area contributed by atoms with E-state index in [0.717, 1.165) is 24.2 Å². The Morgan fingerprint density at radius 3 is 2.63 bits per heavy atom. The number of aromatic amines is 1. The number of aromatic nitrogens is 3. The van der Waals surface area contributed by atoms with Gasteiger partial charge in [-0.1, -0.05) is 0 Å². The maximum atomic E-state index is 13.0. The number of aryl methyl sites for hydroxylation is 1. The predicted octanol–water partition coefficient (Wildman–Crippen LogP) is 2.50. The number of benzene rings is 2. The highest BCUT2D eigenvalue weighted by atomic mass is 16.7. The van der Waals surface area contributed by atoms with Crippen LogP contribution in [0.5, 0.6) is 11.5 Å². The minimum Gasteiger partial charge on any atom is -0.481 e. The molecule has 0 saturated heterocycles. The molecule has 5 rings (SSSR count). The number of fused-ring (bicyclic) bond motifs is 3. The van der Waals surface area contributed by atoms with Crippen molar-refractivity contribution in [1.82, 2.24) is 14.5 Å². The average Bonchev–Trinajstić information content (AvgIpc) is 3.43. The van der Waals surface area contributed by atoms with Crippen LogP contribution in [0.1, 0.15) is 23.7 Å². The number of methoxy groups -OCH3 is 1. The summed E-state index contributed by atoms with van der Waals surface area (Å²) in [7, 11) is 1.33. The Hall–Kier alpha value is -4.38. The summed E-state index contributed by atoms with van der Waals surface area (Å²) in [5, 5.41) is 8.15. The number of carboxylic acids is 1. The van der Waals surface area contributed by atoms with Crippen LogP contribution < -0.4 is 20.8 Å². The highest BCUT2D eigenvalue weighted by Gasteiger charge is 2.20. The first-order valence-corrected chi connectivity index (χ1v) is 10.8. The van der Waals surface area contributed by atoms with Gasteiger partial charge in [0.1, 0.15) is 5.69 Å². The zero-order chi connectivity index (χ0) is 25.1. The van der Waals surface area contributed by atoms with Crippen molar-refractivity contribution < 1.29 is 28.9 Å². The molecular weight excluding hydrogens is 456 g/mol. The molecule has 1 aliphatic rings. The Kier molecular flexibility index (Phi) is 6.69. The molecule has 0 amide bonds. The van der Waals surface area contributed by atoms with Crippen molar-refractivity contribution in [3.8, 4) is 22.8 Å². The van der Waals surface area contributed by atoms with Crippen LogP contribution in [0.25, 0.3) is 33.2 Å². The van der Waals surface area contributed by atoms with E-state index in [1.165, 1.54) is 7.11 Å². The van der Waals surface area contributed by atoms with E-state index in [1.54, 1.807) is 24.3 Å². The number of aliphatic carboxylic acids is 1. The molecule has 11 heteroatoms. The minimum atomic E-state index is -0.833. The molecule has 182 valence electrons. The van der Waals surface area contributed by atoms with E-state index >= 15 is 0 Å². The van der Waals surface area contributed by atoms with E-state index in [2.05, 4.69) is 9.97 Å². The number of nitrogens with one attached hydrogen (secondary N) is 1. The number of esters is 1. The largest absolute Gasteiger partial charge is 0.481 e. The van der Waals surface area contributed by atoms with E-state index in [0.29, 0.717) is 46.7 Å². The van der Waals surface area contributed by atoms with Crippen LogP contribution >= 0.6 is 0 Å². The molecule has 0 fully saturated rings. The van der Waals surface area contributed by atoms with Gasteiger partial charge in [0.2, 0.25) is 6.79 Å². The Balaban J connectivity index is 0.000000672. The summed E-state index contributed by atoms with van der Waals surface area (Å²) in [6.45, 7) is 2.43. The number of carbonyl (C=O) groups excluding carboxylic acids is 1. The number of nitrogens with two attached hydrogens (primary N) is 1. The van der Waals surface area contributed by atoms with Crippen molar-refractivity contribution in [2.24, 2.45) is 5.73 Å². The smallest absolute Gasteiger partial charge is 0.337 e. The van der Waals surface area contributed by atoms with Gasteiger partial charge in [-0.05, 0) is 31.2 Å². The number of H-pyrrole nitrogens is 1. The second-order valence-electron chi connectivity index (χ2n) is 7.76. The number of rotatable bonds is 5. The van der Waals surface area contributed by atoms with E-state index in [-0.39, 0.29) is 18.0 Å². The van der Waals surface area contributed by atoms with Crippen molar-refractivity contribution in [3.05, 3.63) is 52.4 Å². The molecule has 35 heavy (non-hydrogen) atoms. The van der Waals surface area contributed by atoms with Gasteiger partial charge in [0.05, 0.1) is 23.7 Å². The SMILES string of the molecule is CC(=O)O.COC(=O)c1ccc2c(c1)c(-c1nc3cc4c(cc3[nH]c1=O)OCO4)cn2CCCN. The standard InChI is InChI=1S/C22H20N4O5.C2H4O2/c1-29-22(28)12-3-4-17-13(7-12)14(10-26(17)6-2-5-23)20-21(27)25-16-9-19-18(30-11-31-19)8-15(16)24-20;1-2(3)4/h3-4,7-10H,2,5-6,11,23H2,1H3,(H,25,27);1H3,(H,3,4). The van der Waals surface area contributed by atoms with Gasteiger partial charge in [0.25, 0.3) is 11.5 Å². The summed E-state index contributed by atoms with van der Waals surface area (Å²) in [6, 6.07) is 8.71. The maximum Gasteiger partial charge on any atom is 0.337 e. The lowest BCUT2D eigenvalue weighted by atomic mass is 10.1. The molecule has 1 aliphatic heterocycles. The summed E-state index contributed by atoms with van der Waals surface area (Å²) in [6.07, 6.45) is 2.64. The van der Waals surface area contributed by atoms with Gasteiger partial charge < -0.3 is 34.6 Å². The molecule has 2 aromatic carbocycles. The molecule has 0 bridgehead atoms. The van der Waals surface area contributed by atoms with Crippen LogP contribution in [0.4, 0.5) is 0 Å². The van der Waals surface area contributed by atoms with Crippen molar-refractivity contribution in [2.45, 2.75) is 19.9 Å². The molecule has 0 spiro atoms. The van der Waals surface area contributed by atoms with Gasteiger partial charge in [-0.25, -0.2) is 9.78 Å². The number of carbonyl (C=O) groups is 2. The molecule has 0 aliphatic carbocycles. The molecule has 3 heterocycles. The van der Waals surface area contributed by atoms with E-state index < -0.39 is 11.9 Å². The lowest BCUT2D eigenvalue weighted by Gasteiger charge is -2.05. The summed E-state index contributed by atoms with van der Waals surface area (Å²) >= 11 is 0. The lowest BCUT2D eigenvalue weighted by Crippen LogP contribution is -2.11. The van der Waals surface area contributed by atoms with Crippen molar-refractivity contribution in [2.75, 3.05) is 20.4 Å². The first-order valence-electron chi connectivity index (χ1n) is 10.8. The fourth-order valence-electron chi connectivity index (χ4n) is 3.84. The van der Waals surface area contributed by atoms with Crippen molar-refractivity contribution in [1.29, 1.82) is 0 Å². The van der Waals surface area contributed by atoms with Crippen LogP contribution in [-0.2, 0) is 16.1 Å². The highest BCUT2D eigenvalue weighted by molar-refractivity contribution is 6.01. The summed E-state index contributed by atoms with van der Waals surface area (Å²) in [4.78, 5) is 41.5. The van der Waals surface area contributed by atoms with E-state index in [4.69, 9.17) is 29.8 Å². The predicted molar refractivity (Wildman–Crippen MR) is 128 cm³/mol. The van der Waals surface area contributed by atoms with Crippen molar-refractivity contribution >= 4 is 33.9 Å². The van der Waals surface area contributed by atoms with Crippen LogP contribution in [0.2, 0.25) is 0 Å². The van der Waals surface area contributed by atoms with E-state index in [9.17, 15) is 9.59 Å². The van der Waals surface area contributed by atoms with Crippen molar-refractivity contribution in [3.63, 3.8) is 0 Å². The molecule has 0 atom stereocenters. The first kappa shape index (κ1) is 23.8. The highest BCUT2D eigenvalue weighted by Crippen LogP contribution is 2.36. The quantitative estimate of drug-likeness (QED) is 0.365. The van der Waals surface area contributed by atoms with Gasteiger partial charge in [-0.3, -0.25) is 9.59 Å². The van der Waals surface area contributed by atoms with E-state index in [1.807, 2.05) is 16.8 Å². The minimum absolute atomic E-state index is 0.133. The number of hydrogen-bond acceptors (Lipinski definition) is 8. The Bertz CT molecular complexity index is 1490. The molecule has 0 radical (unpaired) electrons. The second-order valence-corrected chi connectivity index (χ2v) is 7.76. The van der Waals surface area contributed by atoms with Gasteiger partial charge >= 0.3 is 5.97 Å². The number of nitrogens with zero attached hydrogens (tertiary/aromatic N) is 2. The monoisotopic (exact) mass is 480 g/mol. The number of carboxylic acid groups (broad SMARTS) is 1. The fraction of sp³-hybridized carbons (Fsp3) is 0.250. The molecule has 0 saturated carbocycles. The Morgan fingerprint density at radius 1 is 1.23 bits per heavy atom. The van der Waals surface area contributed by atoms with Gasteiger partial charge in [-0.15, -0.1) is 0 Å². The number of hydrogen-bond donors (Lipinski definition) is 3. The van der Waals surface area contributed by atoms with Crippen LogP contribution in [0.15, 0.2) is 41.3 Å². The Labute approximate surface area is 199 Å². The zero-order valence-corrected chi connectivity index (χ0v) is 19.2. The maximum absolute atomic E-state index is 13.0. The first-order chi connectivity index (χ1) is 16.8. The van der Waals surface area contributed by atoms with Gasteiger partial charge in [-0.2, -0.15) is 0 Å². The Morgan fingerprint density at radius 2 is 1.94 bits per heavy atom. The third-order valence-corrected chi connectivity index (χ3v) is 5.35. The zero-order valence-electron chi connectivity index (χ0n) is 19.2. The van der Waals surface area contributed by atoms with Crippen LogP contribution in [0.3, 0.4) is 0 Å². The molecule has 0 unspecified atom stereocenters. The van der Waals surface area contributed by atoms with Gasteiger partial charge in [0, 0.05) is 48.3 Å². The molecule has 2 aromatic heterocycles. The lowest BCUT2D eigenvalue weighted by molar-refractivity contribution is -0.134. The van der Waals surface area contributed by atoms with Gasteiger partial charge in [0.15, 0.2) is 11.5 Å². The average molecular weight is 480 g/mol. The summed E-state index contributed by atoms with van der Waals surface area (Å²) in [5.41, 5.74) is 8.63. The summed E-state index contributed by atoms with van der Waals surface area (Å²) in [5.74, 6) is -0.134. The molecule has 4 N–H and O–H groups in total. The normalized spacial score (nSPS) is 11.9. The number of ether oxygens (including phenoxy) is 3. The summed E-state index contributed by atoms with van der Waals surface area (Å²) < 4.78 is 17.7. The van der Waals surface area contributed by atoms with Crippen LogP contribution in [-0.4, -0.2) is 52.0 Å². The third-order valence-electron chi connectivity index (χ3n) is 5.35.